The molecule has 31 heavy (non-hydrogen) atoms. The standard InChI is InChI=1S/C19H15FN4O5S2/c1-10-13-3-2-12(28-19-23-6-7-30-19)9-15(13)29-18(25)14(10)8-11-4-5-22-17(16(11)20)24-31(21,26)27/h2-7,9H,8H2,1H3,(H,22,24)(H2,21,26,27). The van der Waals surface area contributed by atoms with E-state index < -0.39 is 27.5 Å². The van der Waals surface area contributed by atoms with Gasteiger partial charge in [0.1, 0.15) is 11.3 Å². The number of nitrogens with one attached hydrogen (secondary N) is 1. The molecular formula is C19H15FN4O5S2. The zero-order valence-electron chi connectivity index (χ0n) is 16.0. The van der Waals surface area contributed by atoms with Crippen molar-refractivity contribution in [3.63, 3.8) is 0 Å². The van der Waals surface area contributed by atoms with Crippen LogP contribution in [0.25, 0.3) is 11.0 Å². The molecule has 0 unspecified atom stereocenters. The summed E-state index contributed by atoms with van der Waals surface area (Å²) in [6.45, 7) is 1.72. The van der Waals surface area contributed by atoms with E-state index in [9.17, 15) is 17.6 Å². The number of nitrogens with two attached hydrogens (primary N) is 1. The summed E-state index contributed by atoms with van der Waals surface area (Å²) in [7, 11) is -4.21. The number of aryl methyl sites for hydroxylation is 1. The van der Waals surface area contributed by atoms with Crippen molar-refractivity contribution >= 4 is 38.3 Å². The van der Waals surface area contributed by atoms with Crippen LogP contribution in [-0.4, -0.2) is 18.4 Å². The van der Waals surface area contributed by atoms with Gasteiger partial charge in [-0.25, -0.2) is 24.3 Å². The quantitative estimate of drug-likeness (QED) is 0.420. The molecule has 0 amide bonds. The van der Waals surface area contributed by atoms with Crippen LogP contribution >= 0.6 is 11.3 Å². The Kier molecular flexibility index (Phi) is 5.43. The number of thiazole rings is 1. The van der Waals surface area contributed by atoms with E-state index in [1.165, 1.54) is 23.6 Å². The number of aromatic nitrogens is 2. The van der Waals surface area contributed by atoms with Crippen molar-refractivity contribution in [2.75, 3.05) is 4.72 Å². The third kappa shape index (κ3) is 4.55. The first kappa shape index (κ1) is 20.9. The normalized spacial score (nSPS) is 11.6. The van der Waals surface area contributed by atoms with Gasteiger partial charge in [-0.3, -0.25) is 4.72 Å². The van der Waals surface area contributed by atoms with Gasteiger partial charge in [0.25, 0.3) is 15.4 Å². The third-order valence-electron chi connectivity index (χ3n) is 4.45. The molecule has 12 heteroatoms. The molecule has 1 aromatic carbocycles. The lowest BCUT2D eigenvalue weighted by Gasteiger charge is -2.11. The number of hydrogen-bond acceptors (Lipinski definition) is 8. The predicted octanol–water partition coefficient (Wildman–Crippen LogP) is 3.09. The van der Waals surface area contributed by atoms with Crippen molar-refractivity contribution in [1.29, 1.82) is 0 Å². The van der Waals surface area contributed by atoms with Crippen LogP contribution in [0.3, 0.4) is 0 Å². The van der Waals surface area contributed by atoms with Crippen LogP contribution in [0.2, 0.25) is 0 Å². The Morgan fingerprint density at radius 2 is 2.06 bits per heavy atom. The number of ether oxygens (including phenoxy) is 1. The van der Waals surface area contributed by atoms with E-state index >= 15 is 0 Å². The lowest BCUT2D eigenvalue weighted by atomic mass is 10.00. The Balaban J connectivity index is 1.70. The van der Waals surface area contributed by atoms with Crippen LogP contribution < -0.4 is 20.2 Å². The molecule has 0 spiro atoms. The summed E-state index contributed by atoms with van der Waals surface area (Å²) in [5.74, 6) is -1.02. The maximum absolute atomic E-state index is 14.7. The lowest BCUT2D eigenvalue weighted by molar-refractivity contribution is 0.476. The number of benzene rings is 1. The second kappa shape index (κ2) is 8.06. The molecule has 0 saturated heterocycles. The SMILES string of the molecule is Cc1c(Cc2ccnc(NS(N)(=O)=O)c2F)c(=O)oc2cc(Oc3nccs3)ccc12. The summed E-state index contributed by atoms with van der Waals surface area (Å²) < 4.78 is 49.9. The van der Waals surface area contributed by atoms with Crippen LogP contribution in [0.15, 0.2) is 51.3 Å². The van der Waals surface area contributed by atoms with Gasteiger partial charge in [-0.1, -0.05) is 11.3 Å². The summed E-state index contributed by atoms with van der Waals surface area (Å²) >= 11 is 1.32. The van der Waals surface area contributed by atoms with Crippen LogP contribution in [0.4, 0.5) is 10.2 Å². The molecule has 0 bridgehead atoms. The molecule has 4 rings (SSSR count). The summed E-state index contributed by atoms with van der Waals surface area (Å²) in [6, 6.07) is 6.37. The number of nitrogens with zero attached hydrogens (tertiary/aromatic N) is 2. The van der Waals surface area contributed by atoms with Gasteiger partial charge in [-0.15, -0.1) is 0 Å². The minimum absolute atomic E-state index is 0.0552. The molecule has 0 radical (unpaired) electrons. The minimum atomic E-state index is -4.21. The molecular weight excluding hydrogens is 447 g/mol. The van der Waals surface area contributed by atoms with E-state index in [1.807, 2.05) is 0 Å². The maximum atomic E-state index is 14.7. The van der Waals surface area contributed by atoms with E-state index in [1.54, 1.807) is 41.4 Å². The fourth-order valence-electron chi connectivity index (χ4n) is 3.02. The predicted molar refractivity (Wildman–Crippen MR) is 113 cm³/mol. The van der Waals surface area contributed by atoms with Gasteiger partial charge in [0.15, 0.2) is 11.6 Å². The molecule has 0 atom stereocenters. The average Bonchev–Trinajstić information content (AvgIpc) is 3.19. The Labute approximate surface area is 179 Å². The molecule has 9 nitrogen and oxygen atoms in total. The zero-order valence-corrected chi connectivity index (χ0v) is 17.6. The van der Waals surface area contributed by atoms with Gasteiger partial charge in [-0.05, 0) is 36.2 Å². The van der Waals surface area contributed by atoms with Crippen molar-refractivity contribution in [2.24, 2.45) is 5.14 Å². The first-order valence-corrected chi connectivity index (χ1v) is 11.2. The number of hydrogen-bond donors (Lipinski definition) is 2. The Hall–Kier alpha value is -3.35. The van der Waals surface area contributed by atoms with Crippen LogP contribution in [0.1, 0.15) is 16.7 Å². The first-order valence-electron chi connectivity index (χ1n) is 8.79. The summed E-state index contributed by atoms with van der Waals surface area (Å²) in [5.41, 5.74) is 0.553. The summed E-state index contributed by atoms with van der Waals surface area (Å²) in [4.78, 5) is 20.3. The lowest BCUT2D eigenvalue weighted by Crippen LogP contribution is -2.23. The first-order chi connectivity index (χ1) is 14.7. The maximum Gasteiger partial charge on any atom is 0.340 e. The van der Waals surface area contributed by atoms with E-state index in [4.69, 9.17) is 14.3 Å². The molecule has 3 aromatic heterocycles. The highest BCUT2D eigenvalue weighted by molar-refractivity contribution is 7.90. The second-order valence-corrected chi connectivity index (χ2v) is 8.66. The molecule has 3 heterocycles. The molecule has 160 valence electrons. The monoisotopic (exact) mass is 462 g/mol. The highest BCUT2D eigenvalue weighted by Crippen LogP contribution is 2.29. The molecule has 4 aromatic rings. The fraction of sp³-hybridized carbons (Fsp3) is 0.105. The van der Waals surface area contributed by atoms with Gasteiger partial charge in [0.05, 0.1) is 0 Å². The van der Waals surface area contributed by atoms with Crippen LogP contribution in [0, 0.1) is 12.7 Å². The van der Waals surface area contributed by atoms with Gasteiger partial charge >= 0.3 is 5.63 Å². The van der Waals surface area contributed by atoms with Gasteiger partial charge in [0, 0.05) is 41.2 Å². The highest BCUT2D eigenvalue weighted by atomic mass is 32.2. The molecule has 0 aliphatic carbocycles. The number of rotatable bonds is 6. The second-order valence-electron chi connectivity index (χ2n) is 6.51. The number of halogens is 1. The fourth-order valence-corrected chi connectivity index (χ4v) is 3.94. The van der Waals surface area contributed by atoms with Gasteiger partial charge in [-0.2, -0.15) is 8.42 Å². The van der Waals surface area contributed by atoms with E-state index in [2.05, 4.69) is 9.97 Å². The minimum Gasteiger partial charge on any atom is -0.431 e. The topological polar surface area (TPSA) is 137 Å². The number of anilines is 1. The number of pyridine rings is 1. The smallest absolute Gasteiger partial charge is 0.340 e. The summed E-state index contributed by atoms with van der Waals surface area (Å²) in [6.07, 6.45) is 2.70. The van der Waals surface area contributed by atoms with E-state index in [0.717, 1.165) is 0 Å². The Morgan fingerprint density at radius 3 is 2.77 bits per heavy atom. The van der Waals surface area contributed by atoms with Crippen molar-refractivity contribution in [2.45, 2.75) is 13.3 Å². The van der Waals surface area contributed by atoms with E-state index in [0.29, 0.717) is 27.5 Å². The number of fused-ring (bicyclic) bond motifs is 1. The third-order valence-corrected chi connectivity index (χ3v) is 5.58. The molecule has 0 aliphatic heterocycles. The van der Waals surface area contributed by atoms with Crippen molar-refractivity contribution < 1.29 is 22.0 Å². The van der Waals surface area contributed by atoms with Crippen LogP contribution in [-0.2, 0) is 16.6 Å². The Bertz CT molecular complexity index is 1440. The van der Waals surface area contributed by atoms with Crippen LogP contribution in [0.5, 0.6) is 10.9 Å². The summed E-state index contributed by atoms with van der Waals surface area (Å²) in [5, 5.41) is 7.76. The highest BCUT2D eigenvalue weighted by Gasteiger charge is 2.18. The van der Waals surface area contributed by atoms with Crippen molar-refractivity contribution in [3.8, 4) is 10.9 Å². The molecule has 3 N–H and O–H groups in total. The zero-order chi connectivity index (χ0) is 22.2. The Morgan fingerprint density at radius 1 is 1.26 bits per heavy atom. The van der Waals surface area contributed by atoms with Gasteiger partial charge in [0.2, 0.25) is 0 Å². The molecule has 0 saturated carbocycles. The largest absolute Gasteiger partial charge is 0.431 e. The van der Waals surface area contributed by atoms with Crippen molar-refractivity contribution in [1.82, 2.24) is 9.97 Å². The van der Waals surface area contributed by atoms with E-state index in [-0.39, 0.29) is 17.5 Å². The molecule has 0 fully saturated rings. The average molecular weight is 462 g/mol. The van der Waals surface area contributed by atoms with Gasteiger partial charge < -0.3 is 9.15 Å². The molecule has 0 aliphatic rings. The van der Waals surface area contributed by atoms with Crippen molar-refractivity contribution in [3.05, 3.63) is 75.0 Å².